The molecular weight excluding hydrogens is 212 g/mol. The molecule has 4 nitrogen and oxygen atoms in total. The lowest BCUT2D eigenvalue weighted by Gasteiger charge is -2.13. The van der Waals surface area contributed by atoms with E-state index in [1.165, 1.54) is 38.5 Å². The lowest BCUT2D eigenvalue weighted by molar-refractivity contribution is 0.562. The van der Waals surface area contributed by atoms with Crippen LogP contribution < -0.4 is 5.73 Å². The predicted octanol–water partition coefficient (Wildman–Crippen LogP) is 2.20. The third-order valence-electron chi connectivity index (χ3n) is 3.40. The van der Waals surface area contributed by atoms with Crippen molar-refractivity contribution in [1.29, 1.82) is 0 Å². The number of hydrogen-bond donors (Lipinski definition) is 1. The Balaban J connectivity index is 2.08. The third kappa shape index (κ3) is 3.73. The average molecular weight is 234 g/mol. The highest BCUT2D eigenvalue weighted by Crippen LogP contribution is 2.29. The van der Waals surface area contributed by atoms with Crippen LogP contribution in [0.5, 0.6) is 0 Å². The van der Waals surface area contributed by atoms with Crippen molar-refractivity contribution in [2.75, 3.05) is 0 Å². The summed E-state index contributed by atoms with van der Waals surface area (Å²) in [6, 6.07) is 0.0983. The highest BCUT2D eigenvalue weighted by molar-refractivity contribution is 5.05. The molecule has 1 aliphatic rings. The van der Waals surface area contributed by atoms with Crippen LogP contribution in [0, 0.1) is 0 Å². The Morgan fingerprint density at radius 1 is 1.29 bits per heavy atom. The molecule has 0 bridgehead atoms. The third-order valence-corrected chi connectivity index (χ3v) is 3.40. The fourth-order valence-corrected chi connectivity index (χ4v) is 2.50. The monoisotopic (exact) mass is 234 g/mol. The van der Waals surface area contributed by atoms with Crippen LogP contribution in [-0.4, -0.2) is 21.2 Å². The normalized spacial score (nSPS) is 19.9. The summed E-state index contributed by atoms with van der Waals surface area (Å²) < 4.78 is 0. The van der Waals surface area contributed by atoms with Crippen molar-refractivity contribution >= 4 is 0 Å². The van der Waals surface area contributed by atoms with Crippen molar-refractivity contribution in [3.05, 3.63) is 17.7 Å². The molecule has 0 radical (unpaired) electrons. The Morgan fingerprint density at radius 2 is 2.00 bits per heavy atom. The Morgan fingerprint density at radius 3 is 2.65 bits per heavy atom. The first-order valence-electron chi connectivity index (χ1n) is 6.70. The van der Waals surface area contributed by atoms with Gasteiger partial charge in [0.15, 0.2) is 5.82 Å². The molecule has 1 aromatic heterocycles. The molecule has 17 heavy (non-hydrogen) atoms. The summed E-state index contributed by atoms with van der Waals surface area (Å²) in [4.78, 5) is 4.62. The van der Waals surface area contributed by atoms with Crippen molar-refractivity contribution in [3.8, 4) is 0 Å². The zero-order valence-electron chi connectivity index (χ0n) is 10.6. The van der Waals surface area contributed by atoms with E-state index < -0.39 is 0 Å². The molecule has 0 saturated heterocycles. The maximum Gasteiger partial charge on any atom is 0.152 e. The minimum Gasteiger partial charge on any atom is -0.328 e. The summed E-state index contributed by atoms with van der Waals surface area (Å²) >= 11 is 0. The van der Waals surface area contributed by atoms with E-state index in [1.54, 1.807) is 0 Å². The van der Waals surface area contributed by atoms with Gasteiger partial charge in [-0.05, 0) is 19.8 Å². The highest BCUT2D eigenvalue weighted by Gasteiger charge is 2.16. The van der Waals surface area contributed by atoms with E-state index >= 15 is 0 Å². The molecule has 1 atom stereocenters. The molecule has 1 saturated carbocycles. The highest BCUT2D eigenvalue weighted by atomic mass is 15.1. The molecule has 1 aromatic rings. The molecule has 1 aliphatic carbocycles. The van der Waals surface area contributed by atoms with Gasteiger partial charge in [-0.15, -0.1) is 5.10 Å². The van der Waals surface area contributed by atoms with Gasteiger partial charge in [0.2, 0.25) is 0 Å². The van der Waals surface area contributed by atoms with Gasteiger partial charge in [-0.2, -0.15) is 5.10 Å². The molecule has 1 heterocycles. The van der Waals surface area contributed by atoms with Crippen LogP contribution in [0.1, 0.15) is 62.9 Å². The van der Waals surface area contributed by atoms with E-state index in [9.17, 15) is 0 Å². The number of nitrogens with zero attached hydrogens (tertiary/aromatic N) is 3. The van der Waals surface area contributed by atoms with Crippen molar-refractivity contribution in [1.82, 2.24) is 15.2 Å². The summed E-state index contributed by atoms with van der Waals surface area (Å²) in [5, 5.41) is 8.13. The predicted molar refractivity (Wildman–Crippen MR) is 67.6 cm³/mol. The van der Waals surface area contributed by atoms with Crippen LogP contribution in [-0.2, 0) is 6.42 Å². The van der Waals surface area contributed by atoms with Gasteiger partial charge in [-0.25, -0.2) is 4.98 Å². The van der Waals surface area contributed by atoms with E-state index in [2.05, 4.69) is 15.2 Å². The average Bonchev–Trinajstić information content (AvgIpc) is 2.57. The van der Waals surface area contributed by atoms with E-state index in [4.69, 9.17) is 5.73 Å². The zero-order valence-corrected chi connectivity index (χ0v) is 10.6. The molecule has 1 fully saturated rings. The minimum atomic E-state index is 0.0983. The Bertz CT molecular complexity index is 343. The molecule has 4 heteroatoms. The second-order valence-electron chi connectivity index (χ2n) is 5.17. The van der Waals surface area contributed by atoms with Crippen LogP contribution >= 0.6 is 0 Å². The van der Waals surface area contributed by atoms with Crippen molar-refractivity contribution in [2.45, 2.75) is 63.8 Å². The topological polar surface area (TPSA) is 64.7 Å². The van der Waals surface area contributed by atoms with E-state index in [0.29, 0.717) is 12.3 Å². The second-order valence-corrected chi connectivity index (χ2v) is 5.17. The standard InChI is InChI=1S/C13H22N4/c1-10(14)8-13-16-12(9-15-17-13)11-6-4-2-3-5-7-11/h9-11H,2-8,14H2,1H3. The largest absolute Gasteiger partial charge is 0.328 e. The van der Waals surface area contributed by atoms with Crippen LogP contribution in [0.15, 0.2) is 6.20 Å². The van der Waals surface area contributed by atoms with Crippen LogP contribution in [0.4, 0.5) is 0 Å². The minimum absolute atomic E-state index is 0.0983. The summed E-state index contributed by atoms with van der Waals surface area (Å²) in [7, 11) is 0. The molecular formula is C13H22N4. The first-order chi connectivity index (χ1) is 8.25. The first-order valence-corrected chi connectivity index (χ1v) is 6.70. The second kappa shape index (κ2) is 6.05. The lowest BCUT2D eigenvalue weighted by atomic mass is 9.97. The van der Waals surface area contributed by atoms with E-state index in [0.717, 1.165) is 11.5 Å². The van der Waals surface area contributed by atoms with Gasteiger partial charge in [0, 0.05) is 18.4 Å². The molecule has 94 valence electrons. The quantitative estimate of drug-likeness (QED) is 0.814. The smallest absolute Gasteiger partial charge is 0.152 e. The number of nitrogens with two attached hydrogens (primary N) is 1. The Hall–Kier alpha value is -1.03. The van der Waals surface area contributed by atoms with Gasteiger partial charge in [0.1, 0.15) is 0 Å². The SMILES string of the molecule is CC(N)Cc1nncc(C2CCCCCC2)n1. The molecule has 2 rings (SSSR count). The first kappa shape index (κ1) is 12.4. The van der Waals surface area contributed by atoms with Gasteiger partial charge < -0.3 is 5.73 Å². The molecule has 0 amide bonds. The molecule has 1 unspecified atom stereocenters. The van der Waals surface area contributed by atoms with Gasteiger partial charge in [-0.1, -0.05) is 25.7 Å². The molecule has 2 N–H and O–H groups in total. The molecule has 0 aliphatic heterocycles. The molecule has 0 aromatic carbocycles. The number of hydrogen-bond acceptors (Lipinski definition) is 4. The van der Waals surface area contributed by atoms with Crippen molar-refractivity contribution in [3.63, 3.8) is 0 Å². The van der Waals surface area contributed by atoms with Crippen molar-refractivity contribution < 1.29 is 0 Å². The van der Waals surface area contributed by atoms with Crippen molar-refractivity contribution in [2.24, 2.45) is 5.73 Å². The van der Waals surface area contributed by atoms with Gasteiger partial charge in [0.25, 0.3) is 0 Å². The fourth-order valence-electron chi connectivity index (χ4n) is 2.50. The van der Waals surface area contributed by atoms with Crippen LogP contribution in [0.25, 0.3) is 0 Å². The summed E-state index contributed by atoms with van der Waals surface area (Å²) in [6.07, 6.45) is 10.4. The van der Waals surface area contributed by atoms with Crippen LogP contribution in [0.3, 0.4) is 0 Å². The van der Waals surface area contributed by atoms with Gasteiger partial charge in [-0.3, -0.25) is 0 Å². The van der Waals surface area contributed by atoms with Crippen LogP contribution in [0.2, 0.25) is 0 Å². The summed E-state index contributed by atoms with van der Waals surface area (Å²) in [5.41, 5.74) is 6.89. The maximum absolute atomic E-state index is 5.77. The van der Waals surface area contributed by atoms with E-state index in [1.807, 2.05) is 13.1 Å². The zero-order chi connectivity index (χ0) is 12.1. The number of rotatable bonds is 3. The van der Waals surface area contributed by atoms with Gasteiger partial charge in [0.05, 0.1) is 11.9 Å². The van der Waals surface area contributed by atoms with E-state index in [-0.39, 0.29) is 6.04 Å². The maximum atomic E-state index is 5.77. The summed E-state index contributed by atoms with van der Waals surface area (Å²) in [5.74, 6) is 1.38. The lowest BCUT2D eigenvalue weighted by Crippen LogP contribution is -2.20. The molecule has 0 spiro atoms. The number of aromatic nitrogens is 3. The Labute approximate surface area is 103 Å². The Kier molecular flexibility index (Phi) is 4.42. The fraction of sp³-hybridized carbons (Fsp3) is 0.769. The van der Waals surface area contributed by atoms with Gasteiger partial charge >= 0.3 is 0 Å². The summed E-state index contributed by atoms with van der Waals surface area (Å²) in [6.45, 7) is 1.97.